The summed E-state index contributed by atoms with van der Waals surface area (Å²) in [5.74, 6) is 0.580. The Morgan fingerprint density at radius 3 is 2.16 bits per heavy atom. The molecule has 182 valence electrons. The van der Waals surface area contributed by atoms with E-state index in [2.05, 4.69) is 15.5 Å². The Labute approximate surface area is 213 Å². The van der Waals surface area contributed by atoms with Gasteiger partial charge in [-0.2, -0.15) is 0 Å². The number of aryl methyl sites for hydroxylation is 1. The van der Waals surface area contributed by atoms with Gasteiger partial charge in [0.25, 0.3) is 0 Å². The van der Waals surface area contributed by atoms with Crippen LogP contribution in [0.3, 0.4) is 0 Å². The average molecular weight is 489 g/mol. The number of carboxylic acids is 1. The quantitative estimate of drug-likeness (QED) is 0.265. The van der Waals surface area contributed by atoms with Crippen LogP contribution < -0.4 is 5.32 Å². The summed E-state index contributed by atoms with van der Waals surface area (Å²) < 4.78 is 5.69. The van der Waals surface area contributed by atoms with E-state index in [0.29, 0.717) is 24.4 Å². The maximum absolute atomic E-state index is 11.6. The summed E-state index contributed by atoms with van der Waals surface area (Å²) in [6, 6.07) is 25.5. The molecule has 0 saturated heterocycles. The second-order valence-corrected chi connectivity index (χ2v) is 9.28. The molecule has 1 fully saturated rings. The number of carboxylic acid groups (broad SMARTS) is 1. The monoisotopic (exact) mass is 488 g/mol. The van der Waals surface area contributed by atoms with E-state index in [1.54, 1.807) is 12.4 Å². The second-order valence-electron chi connectivity index (χ2n) is 9.28. The molecule has 0 unspecified atom stereocenters. The van der Waals surface area contributed by atoms with Crippen molar-refractivity contribution in [2.45, 2.75) is 25.2 Å². The molecular formula is C30H24N4O3. The molecule has 0 aliphatic heterocycles. The van der Waals surface area contributed by atoms with Crippen molar-refractivity contribution in [3.63, 3.8) is 0 Å². The molecule has 0 atom stereocenters. The van der Waals surface area contributed by atoms with E-state index in [4.69, 9.17) is 9.51 Å². The van der Waals surface area contributed by atoms with E-state index in [1.807, 2.05) is 85.8 Å². The first-order chi connectivity index (χ1) is 18.0. The van der Waals surface area contributed by atoms with Gasteiger partial charge in [0.05, 0.1) is 11.1 Å². The van der Waals surface area contributed by atoms with Gasteiger partial charge in [-0.3, -0.25) is 9.78 Å². The number of anilines is 2. The molecule has 0 spiro atoms. The van der Waals surface area contributed by atoms with Gasteiger partial charge in [-0.15, -0.1) is 0 Å². The molecule has 3 heterocycles. The highest BCUT2D eigenvalue weighted by atomic mass is 16.5. The van der Waals surface area contributed by atoms with Crippen LogP contribution >= 0.6 is 0 Å². The molecule has 5 aromatic rings. The number of benzene rings is 2. The Balaban J connectivity index is 1.24. The fourth-order valence-electron chi connectivity index (χ4n) is 4.58. The van der Waals surface area contributed by atoms with Gasteiger partial charge in [0, 0.05) is 23.5 Å². The Kier molecular flexibility index (Phi) is 5.53. The zero-order valence-corrected chi connectivity index (χ0v) is 20.2. The highest BCUT2D eigenvalue weighted by molar-refractivity contribution is 5.85. The van der Waals surface area contributed by atoms with E-state index in [1.165, 1.54) is 0 Å². The number of pyridine rings is 2. The Bertz CT molecular complexity index is 1570. The predicted molar refractivity (Wildman–Crippen MR) is 141 cm³/mol. The summed E-state index contributed by atoms with van der Waals surface area (Å²) in [6.45, 7) is 1.89. The SMILES string of the molecule is Cc1noc(-c2ccc(-c3ccc(C4(C(=O)O)CC4)cc3)cc2)c1Nc1cccc(-c2ccncc2)n1. The number of rotatable bonds is 7. The molecule has 37 heavy (non-hydrogen) atoms. The number of carbonyl (C=O) groups is 1. The maximum atomic E-state index is 11.6. The van der Waals surface area contributed by atoms with E-state index in [9.17, 15) is 9.90 Å². The van der Waals surface area contributed by atoms with Crippen molar-refractivity contribution in [1.82, 2.24) is 15.1 Å². The average Bonchev–Trinajstić information content (AvgIpc) is 3.69. The van der Waals surface area contributed by atoms with Crippen LogP contribution in [0.25, 0.3) is 33.7 Å². The molecule has 3 aromatic heterocycles. The second kappa shape index (κ2) is 9.02. The summed E-state index contributed by atoms with van der Waals surface area (Å²) in [5, 5.41) is 17.1. The molecule has 1 aliphatic carbocycles. The highest BCUT2D eigenvalue weighted by Crippen LogP contribution is 2.48. The zero-order chi connectivity index (χ0) is 25.4. The van der Waals surface area contributed by atoms with E-state index in [-0.39, 0.29) is 0 Å². The van der Waals surface area contributed by atoms with Crippen molar-refractivity contribution in [3.05, 3.63) is 103 Å². The van der Waals surface area contributed by atoms with E-state index in [0.717, 1.165) is 44.9 Å². The van der Waals surface area contributed by atoms with Crippen LogP contribution in [0.4, 0.5) is 11.5 Å². The first kappa shape index (κ1) is 22.7. The van der Waals surface area contributed by atoms with Crippen LogP contribution in [0.15, 0.2) is 95.8 Å². The number of hydrogen-bond donors (Lipinski definition) is 2. The maximum Gasteiger partial charge on any atom is 0.314 e. The summed E-state index contributed by atoms with van der Waals surface area (Å²) in [7, 11) is 0. The summed E-state index contributed by atoms with van der Waals surface area (Å²) in [6.07, 6.45) is 4.90. The fraction of sp³-hybridized carbons (Fsp3) is 0.133. The third-order valence-corrected chi connectivity index (χ3v) is 6.92. The lowest BCUT2D eigenvalue weighted by Crippen LogP contribution is -2.19. The lowest BCUT2D eigenvalue weighted by Gasteiger charge is -2.11. The fourth-order valence-corrected chi connectivity index (χ4v) is 4.58. The lowest BCUT2D eigenvalue weighted by atomic mass is 9.93. The van der Waals surface area contributed by atoms with Crippen molar-refractivity contribution >= 4 is 17.5 Å². The first-order valence-electron chi connectivity index (χ1n) is 12.1. The number of nitrogens with zero attached hydrogens (tertiary/aromatic N) is 3. The Morgan fingerprint density at radius 1 is 0.865 bits per heavy atom. The van der Waals surface area contributed by atoms with Crippen LogP contribution in [0, 0.1) is 6.92 Å². The minimum absolute atomic E-state index is 0.632. The molecular weight excluding hydrogens is 464 g/mol. The van der Waals surface area contributed by atoms with Gasteiger partial charge < -0.3 is 14.9 Å². The molecule has 2 N–H and O–H groups in total. The number of hydrogen-bond acceptors (Lipinski definition) is 6. The largest absolute Gasteiger partial charge is 0.481 e. The van der Waals surface area contributed by atoms with Gasteiger partial charge >= 0.3 is 5.97 Å². The normalized spacial score (nSPS) is 13.8. The minimum Gasteiger partial charge on any atom is -0.481 e. The van der Waals surface area contributed by atoms with Crippen LogP contribution in [-0.2, 0) is 10.2 Å². The molecule has 1 aliphatic rings. The van der Waals surface area contributed by atoms with Crippen molar-refractivity contribution < 1.29 is 14.4 Å². The zero-order valence-electron chi connectivity index (χ0n) is 20.2. The molecule has 6 rings (SSSR count). The van der Waals surface area contributed by atoms with Gasteiger partial charge in [-0.1, -0.05) is 59.8 Å². The van der Waals surface area contributed by atoms with Gasteiger partial charge in [0.2, 0.25) is 0 Å². The highest BCUT2D eigenvalue weighted by Gasteiger charge is 2.51. The van der Waals surface area contributed by atoms with E-state index >= 15 is 0 Å². The van der Waals surface area contributed by atoms with Gasteiger partial charge in [0.15, 0.2) is 5.76 Å². The van der Waals surface area contributed by atoms with Crippen LogP contribution in [0.1, 0.15) is 24.1 Å². The first-order valence-corrected chi connectivity index (χ1v) is 12.1. The minimum atomic E-state index is -0.740. The molecule has 0 radical (unpaired) electrons. The molecule has 1 saturated carbocycles. The molecule has 7 heteroatoms. The Morgan fingerprint density at radius 2 is 1.51 bits per heavy atom. The topological polar surface area (TPSA) is 101 Å². The van der Waals surface area contributed by atoms with Crippen LogP contribution in [0.2, 0.25) is 0 Å². The van der Waals surface area contributed by atoms with Gasteiger partial charge in [-0.25, -0.2) is 4.98 Å². The summed E-state index contributed by atoms with van der Waals surface area (Å²) >= 11 is 0. The van der Waals surface area contributed by atoms with Gasteiger partial charge in [0.1, 0.15) is 17.2 Å². The smallest absolute Gasteiger partial charge is 0.314 e. The van der Waals surface area contributed by atoms with Crippen molar-refractivity contribution in [2.24, 2.45) is 0 Å². The Hall–Kier alpha value is -4.78. The summed E-state index contributed by atoms with van der Waals surface area (Å²) in [5.41, 5.74) is 6.45. The molecule has 7 nitrogen and oxygen atoms in total. The van der Waals surface area contributed by atoms with Gasteiger partial charge in [-0.05, 0) is 60.7 Å². The number of nitrogens with one attached hydrogen (secondary N) is 1. The molecule has 0 bridgehead atoms. The standard InChI is InChI=1S/C30H24N4O3/c1-19-27(33-26-4-2-3-25(32-26)22-13-17-31-18-14-22)28(37-34-19)23-7-5-20(6-8-23)21-9-11-24(12-10-21)30(15-16-30)29(35)36/h2-14,17-18H,15-16H2,1H3,(H,32,33)(H,35,36). The third-order valence-electron chi connectivity index (χ3n) is 6.92. The van der Waals surface area contributed by atoms with Crippen molar-refractivity contribution in [3.8, 4) is 33.7 Å². The van der Waals surface area contributed by atoms with Crippen molar-refractivity contribution in [1.29, 1.82) is 0 Å². The van der Waals surface area contributed by atoms with Crippen LogP contribution in [0.5, 0.6) is 0 Å². The van der Waals surface area contributed by atoms with Crippen LogP contribution in [-0.4, -0.2) is 26.2 Å². The third kappa shape index (κ3) is 4.25. The predicted octanol–water partition coefficient (Wildman–Crippen LogP) is 6.63. The van der Waals surface area contributed by atoms with Crippen molar-refractivity contribution in [2.75, 3.05) is 5.32 Å². The lowest BCUT2D eigenvalue weighted by molar-refractivity contribution is -0.140. The number of aromatic nitrogens is 3. The summed E-state index contributed by atoms with van der Waals surface area (Å²) in [4.78, 5) is 20.4. The molecule has 2 aromatic carbocycles. The number of aliphatic carboxylic acids is 1. The molecule has 0 amide bonds. The van der Waals surface area contributed by atoms with E-state index < -0.39 is 11.4 Å².